The highest BCUT2D eigenvalue weighted by atomic mass is 79.9. The van der Waals surface area contributed by atoms with E-state index in [1.807, 2.05) is 5.48 Å². The summed E-state index contributed by atoms with van der Waals surface area (Å²) in [7, 11) is 0. The van der Waals surface area contributed by atoms with Crippen LogP contribution in [0.25, 0.3) is 10.1 Å². The Morgan fingerprint density at radius 2 is 1.92 bits per heavy atom. The molecule has 0 atom stereocenters. The van der Waals surface area contributed by atoms with Crippen LogP contribution in [-0.4, -0.2) is 11.9 Å². The highest BCUT2D eigenvalue weighted by Crippen LogP contribution is 2.35. The molecular weight excluding hydrogens is 456 g/mol. The Labute approximate surface area is 163 Å². The summed E-state index contributed by atoms with van der Waals surface area (Å²) in [5.74, 6) is -1.98. The first-order chi connectivity index (χ1) is 11.9. The fourth-order valence-electron chi connectivity index (χ4n) is 2.03. The number of halogens is 4. The summed E-state index contributed by atoms with van der Waals surface area (Å²) in [6, 6.07) is 8.64. The summed E-state index contributed by atoms with van der Waals surface area (Å²) in [6.45, 7) is 0. The summed E-state index contributed by atoms with van der Waals surface area (Å²) in [5.41, 5.74) is 2.11. The van der Waals surface area contributed by atoms with Gasteiger partial charge in [-0.05, 0) is 36.4 Å². The fraction of sp³-hybridized carbons (Fsp3) is 0. The van der Waals surface area contributed by atoms with E-state index in [9.17, 15) is 14.0 Å². The van der Waals surface area contributed by atoms with Crippen molar-refractivity contribution >= 4 is 72.4 Å². The van der Waals surface area contributed by atoms with Crippen molar-refractivity contribution in [2.75, 3.05) is 0 Å². The monoisotopic (exact) mass is 461 g/mol. The molecule has 0 saturated carbocycles. The average molecular weight is 463 g/mol. The van der Waals surface area contributed by atoms with Crippen molar-refractivity contribution < 1.29 is 18.8 Å². The summed E-state index contributed by atoms with van der Waals surface area (Å²) < 4.78 is 14.4. The third-order valence-corrected chi connectivity index (χ3v) is 5.66. The van der Waals surface area contributed by atoms with Gasteiger partial charge in [-0.25, -0.2) is 9.18 Å². The van der Waals surface area contributed by atoms with Crippen LogP contribution in [0, 0.1) is 5.82 Å². The minimum Gasteiger partial charge on any atom is -0.335 e. The molecule has 1 heterocycles. The number of carbonyl (C=O) groups is 2. The molecule has 0 fully saturated rings. The second kappa shape index (κ2) is 7.29. The van der Waals surface area contributed by atoms with Gasteiger partial charge in [-0.3, -0.25) is 4.79 Å². The molecule has 3 aromatic rings. The Bertz CT molecular complexity index is 1010. The number of hydrogen-bond donors (Lipinski definition) is 1. The van der Waals surface area contributed by atoms with Gasteiger partial charge in [0.05, 0.1) is 15.6 Å². The van der Waals surface area contributed by atoms with E-state index in [1.54, 1.807) is 6.07 Å². The van der Waals surface area contributed by atoms with E-state index in [1.165, 1.54) is 30.3 Å². The van der Waals surface area contributed by atoms with Gasteiger partial charge in [0.15, 0.2) is 0 Å². The lowest BCUT2D eigenvalue weighted by Crippen LogP contribution is -2.26. The van der Waals surface area contributed by atoms with Crippen molar-refractivity contribution in [3.05, 3.63) is 67.2 Å². The average Bonchev–Trinajstić information content (AvgIpc) is 2.90. The molecular formula is C16H7BrCl2FNO3S. The van der Waals surface area contributed by atoms with Gasteiger partial charge in [0, 0.05) is 14.6 Å². The van der Waals surface area contributed by atoms with E-state index in [0.717, 1.165) is 11.3 Å². The molecule has 1 N–H and O–H groups in total. The van der Waals surface area contributed by atoms with Gasteiger partial charge in [0.25, 0.3) is 5.91 Å². The molecule has 3 rings (SSSR count). The van der Waals surface area contributed by atoms with Crippen molar-refractivity contribution in [1.29, 1.82) is 0 Å². The van der Waals surface area contributed by atoms with Gasteiger partial charge >= 0.3 is 5.97 Å². The smallest absolute Gasteiger partial charge is 0.335 e. The van der Waals surface area contributed by atoms with Gasteiger partial charge < -0.3 is 4.84 Å². The van der Waals surface area contributed by atoms with Crippen LogP contribution in [0.4, 0.5) is 4.39 Å². The standard InChI is InChI=1S/C16H7BrCl2FNO3S/c17-7-1-4-11(18)10(5-7)16(23)24-21-15(22)14-13(19)9-3-2-8(20)6-12(9)25-14/h1-6H,(H,21,22). The lowest BCUT2D eigenvalue weighted by Gasteiger charge is -2.06. The van der Waals surface area contributed by atoms with Gasteiger partial charge in [-0.2, -0.15) is 5.48 Å². The lowest BCUT2D eigenvalue weighted by molar-refractivity contribution is 0.0232. The van der Waals surface area contributed by atoms with E-state index in [-0.39, 0.29) is 20.5 Å². The van der Waals surface area contributed by atoms with Crippen LogP contribution in [0.15, 0.2) is 40.9 Å². The first-order valence-electron chi connectivity index (χ1n) is 6.71. The maximum absolute atomic E-state index is 13.3. The van der Waals surface area contributed by atoms with Gasteiger partial charge in [0.1, 0.15) is 10.7 Å². The maximum atomic E-state index is 13.3. The maximum Gasteiger partial charge on any atom is 0.364 e. The van der Waals surface area contributed by atoms with Gasteiger partial charge in [0.2, 0.25) is 0 Å². The topological polar surface area (TPSA) is 55.4 Å². The summed E-state index contributed by atoms with van der Waals surface area (Å²) >= 11 is 16.3. The molecule has 4 nitrogen and oxygen atoms in total. The van der Waals surface area contributed by atoms with Crippen LogP contribution in [-0.2, 0) is 4.84 Å². The highest BCUT2D eigenvalue weighted by Gasteiger charge is 2.20. The number of carbonyl (C=O) groups excluding carboxylic acids is 2. The second-order valence-corrected chi connectivity index (χ2v) is 7.58. The number of amides is 1. The van der Waals surface area contributed by atoms with Crippen LogP contribution in [0.5, 0.6) is 0 Å². The Morgan fingerprint density at radius 1 is 1.16 bits per heavy atom. The minimum absolute atomic E-state index is 0.0841. The molecule has 0 bridgehead atoms. The van der Waals surface area contributed by atoms with Gasteiger partial charge in [-0.15, -0.1) is 11.3 Å². The highest BCUT2D eigenvalue weighted by molar-refractivity contribution is 9.10. The van der Waals surface area contributed by atoms with Crippen molar-refractivity contribution in [3.63, 3.8) is 0 Å². The summed E-state index contributed by atoms with van der Waals surface area (Å²) in [4.78, 5) is 29.1. The zero-order valence-electron chi connectivity index (χ0n) is 12.1. The largest absolute Gasteiger partial charge is 0.364 e. The van der Waals surface area contributed by atoms with Crippen molar-refractivity contribution in [3.8, 4) is 0 Å². The lowest BCUT2D eigenvalue weighted by atomic mass is 10.2. The molecule has 9 heteroatoms. The zero-order chi connectivity index (χ0) is 18.1. The van der Waals surface area contributed by atoms with Crippen LogP contribution in [0.1, 0.15) is 20.0 Å². The quantitative estimate of drug-likeness (QED) is 0.503. The van der Waals surface area contributed by atoms with Crippen LogP contribution < -0.4 is 5.48 Å². The molecule has 0 saturated heterocycles. The summed E-state index contributed by atoms with van der Waals surface area (Å²) in [5, 5.41) is 0.881. The Balaban J connectivity index is 1.78. The molecule has 128 valence electrons. The number of fused-ring (bicyclic) bond motifs is 1. The van der Waals surface area contributed by atoms with E-state index >= 15 is 0 Å². The molecule has 1 amide bonds. The normalized spacial score (nSPS) is 10.7. The third-order valence-electron chi connectivity index (χ3n) is 3.18. The Hall–Kier alpha value is -1.67. The predicted octanol–water partition coefficient (Wildman–Crippen LogP) is 5.61. The van der Waals surface area contributed by atoms with E-state index in [4.69, 9.17) is 28.0 Å². The van der Waals surface area contributed by atoms with E-state index in [2.05, 4.69) is 15.9 Å². The summed E-state index contributed by atoms with van der Waals surface area (Å²) in [6.07, 6.45) is 0. The number of rotatable bonds is 2. The second-order valence-electron chi connectivity index (χ2n) is 4.83. The van der Waals surface area contributed by atoms with Crippen molar-refractivity contribution in [2.24, 2.45) is 0 Å². The van der Waals surface area contributed by atoms with Crippen molar-refractivity contribution in [1.82, 2.24) is 5.48 Å². The van der Waals surface area contributed by atoms with E-state index in [0.29, 0.717) is 14.6 Å². The molecule has 0 spiro atoms. The number of thiophene rings is 1. The van der Waals surface area contributed by atoms with Crippen LogP contribution in [0.3, 0.4) is 0 Å². The molecule has 2 aromatic carbocycles. The SMILES string of the molecule is O=C(ONC(=O)c1sc2cc(F)ccc2c1Cl)c1cc(Br)ccc1Cl. The van der Waals surface area contributed by atoms with Gasteiger partial charge in [-0.1, -0.05) is 39.1 Å². The molecule has 0 unspecified atom stereocenters. The first kappa shape index (κ1) is 18.1. The molecule has 25 heavy (non-hydrogen) atoms. The van der Waals surface area contributed by atoms with Crippen LogP contribution in [0.2, 0.25) is 10.0 Å². The Morgan fingerprint density at radius 3 is 2.68 bits per heavy atom. The van der Waals surface area contributed by atoms with Crippen molar-refractivity contribution in [2.45, 2.75) is 0 Å². The minimum atomic E-state index is -0.831. The Kier molecular flexibility index (Phi) is 5.29. The molecule has 0 aliphatic heterocycles. The molecule has 0 aliphatic rings. The number of hydroxylamine groups is 1. The van der Waals surface area contributed by atoms with Crippen LogP contribution >= 0.6 is 50.5 Å². The number of hydrogen-bond acceptors (Lipinski definition) is 4. The molecule has 0 aliphatic carbocycles. The van der Waals surface area contributed by atoms with E-state index < -0.39 is 17.7 Å². The third kappa shape index (κ3) is 3.79. The predicted molar refractivity (Wildman–Crippen MR) is 98.8 cm³/mol. The zero-order valence-corrected chi connectivity index (χ0v) is 16.0. The number of nitrogens with one attached hydrogen (secondary N) is 1. The first-order valence-corrected chi connectivity index (χ1v) is 9.07. The number of benzene rings is 2. The molecule has 1 aromatic heterocycles. The molecule has 0 radical (unpaired) electrons. The fourth-order valence-corrected chi connectivity index (χ4v) is 4.02.